The van der Waals surface area contributed by atoms with Crippen LogP contribution < -0.4 is 0 Å². The van der Waals surface area contributed by atoms with Crippen molar-refractivity contribution < 1.29 is 14.7 Å². The van der Waals surface area contributed by atoms with Crippen LogP contribution in [0.2, 0.25) is 0 Å². The van der Waals surface area contributed by atoms with Crippen molar-refractivity contribution in [3.8, 4) is 0 Å². The second-order valence-electron chi connectivity index (χ2n) is 4.99. The minimum Gasteiger partial charge on any atom is -0.481 e. The third-order valence-corrected chi connectivity index (χ3v) is 2.71. The van der Waals surface area contributed by atoms with Crippen molar-refractivity contribution in [2.24, 2.45) is 11.3 Å². The number of carboxylic acids is 1. The summed E-state index contributed by atoms with van der Waals surface area (Å²) < 4.78 is 0. The molecule has 0 aliphatic rings. The molecule has 0 saturated heterocycles. The van der Waals surface area contributed by atoms with Crippen molar-refractivity contribution in [2.45, 2.75) is 34.1 Å². The predicted molar refractivity (Wildman–Crippen MR) is 58.5 cm³/mol. The summed E-state index contributed by atoms with van der Waals surface area (Å²) in [6.07, 6.45) is -0.000890. The van der Waals surface area contributed by atoms with Gasteiger partial charge < -0.3 is 10.0 Å². The Bertz CT molecular complexity index is 243. The zero-order valence-electron chi connectivity index (χ0n) is 10.2. The van der Waals surface area contributed by atoms with Gasteiger partial charge in [-0.25, -0.2) is 0 Å². The van der Waals surface area contributed by atoms with Crippen LogP contribution >= 0.6 is 0 Å². The van der Waals surface area contributed by atoms with E-state index < -0.39 is 5.97 Å². The van der Waals surface area contributed by atoms with E-state index in [1.807, 2.05) is 27.7 Å². The average molecular weight is 215 g/mol. The van der Waals surface area contributed by atoms with Gasteiger partial charge in [0, 0.05) is 19.5 Å². The van der Waals surface area contributed by atoms with Crippen LogP contribution in [0.1, 0.15) is 34.1 Å². The van der Waals surface area contributed by atoms with Crippen LogP contribution in [0.15, 0.2) is 0 Å². The first-order valence-corrected chi connectivity index (χ1v) is 5.13. The number of hydrogen-bond acceptors (Lipinski definition) is 2. The van der Waals surface area contributed by atoms with E-state index in [2.05, 4.69) is 0 Å². The largest absolute Gasteiger partial charge is 0.481 e. The van der Waals surface area contributed by atoms with Gasteiger partial charge in [-0.15, -0.1) is 0 Å². The molecule has 15 heavy (non-hydrogen) atoms. The van der Waals surface area contributed by atoms with Crippen LogP contribution in [0, 0.1) is 11.3 Å². The lowest BCUT2D eigenvalue weighted by atomic mass is 9.81. The fourth-order valence-electron chi connectivity index (χ4n) is 1.07. The molecule has 1 atom stereocenters. The molecule has 0 bridgehead atoms. The molecule has 0 heterocycles. The van der Waals surface area contributed by atoms with Gasteiger partial charge in [0.25, 0.3) is 0 Å². The third-order valence-electron chi connectivity index (χ3n) is 2.71. The zero-order valence-corrected chi connectivity index (χ0v) is 10.2. The molecular formula is C11H21NO3. The van der Waals surface area contributed by atoms with Crippen molar-refractivity contribution in [3.63, 3.8) is 0 Å². The highest BCUT2D eigenvalue weighted by Crippen LogP contribution is 2.26. The first-order valence-electron chi connectivity index (χ1n) is 5.13. The second-order valence-corrected chi connectivity index (χ2v) is 4.99. The molecule has 0 aliphatic carbocycles. The molecule has 4 heteroatoms. The number of aliphatic carboxylic acids is 1. The quantitative estimate of drug-likeness (QED) is 0.775. The number of amides is 1. The number of hydrogen-bond donors (Lipinski definition) is 1. The van der Waals surface area contributed by atoms with Gasteiger partial charge in [-0.3, -0.25) is 9.59 Å². The van der Waals surface area contributed by atoms with Gasteiger partial charge in [0.05, 0.1) is 6.42 Å². The van der Waals surface area contributed by atoms with Crippen molar-refractivity contribution in [2.75, 3.05) is 13.6 Å². The molecule has 0 spiro atoms. The summed E-state index contributed by atoms with van der Waals surface area (Å²) in [7, 11) is 1.65. The van der Waals surface area contributed by atoms with Crippen molar-refractivity contribution in [3.05, 3.63) is 0 Å². The molecule has 88 valence electrons. The Morgan fingerprint density at radius 1 is 1.33 bits per heavy atom. The zero-order chi connectivity index (χ0) is 12.2. The van der Waals surface area contributed by atoms with E-state index in [-0.39, 0.29) is 30.2 Å². The number of nitrogens with zero attached hydrogens (tertiary/aromatic N) is 1. The van der Waals surface area contributed by atoms with E-state index in [1.54, 1.807) is 7.05 Å². The van der Waals surface area contributed by atoms with Gasteiger partial charge in [-0.1, -0.05) is 27.7 Å². The molecule has 0 radical (unpaired) electrons. The van der Waals surface area contributed by atoms with Crippen LogP contribution in [-0.2, 0) is 9.59 Å². The maximum absolute atomic E-state index is 11.8. The Kier molecular flexibility index (Phi) is 4.78. The Hall–Kier alpha value is -1.06. The Labute approximate surface area is 91.3 Å². The molecule has 1 N–H and O–H groups in total. The fraction of sp³-hybridized carbons (Fsp3) is 0.818. The molecule has 0 rings (SSSR count). The molecule has 0 aliphatic heterocycles. The van der Waals surface area contributed by atoms with E-state index in [4.69, 9.17) is 5.11 Å². The van der Waals surface area contributed by atoms with E-state index in [0.717, 1.165) is 0 Å². The van der Waals surface area contributed by atoms with Gasteiger partial charge in [-0.2, -0.15) is 0 Å². The van der Waals surface area contributed by atoms with Crippen molar-refractivity contribution in [1.82, 2.24) is 4.90 Å². The Morgan fingerprint density at radius 2 is 1.80 bits per heavy atom. The molecule has 0 aromatic rings. The van der Waals surface area contributed by atoms with Gasteiger partial charge in [0.1, 0.15) is 0 Å². The third kappa shape index (κ3) is 4.81. The summed E-state index contributed by atoms with van der Waals surface area (Å²) in [5.41, 5.74) is -0.0887. The molecule has 1 unspecified atom stereocenters. The summed E-state index contributed by atoms with van der Waals surface area (Å²) in [6.45, 7) is 8.15. The first-order chi connectivity index (χ1) is 6.66. The molecule has 0 aromatic heterocycles. The van der Waals surface area contributed by atoms with Gasteiger partial charge >= 0.3 is 5.97 Å². The molecular weight excluding hydrogens is 194 g/mol. The molecule has 0 fully saturated rings. The summed E-state index contributed by atoms with van der Waals surface area (Å²) >= 11 is 0. The Balaban J connectivity index is 4.26. The van der Waals surface area contributed by atoms with Gasteiger partial charge in [0.2, 0.25) is 5.91 Å². The lowest BCUT2D eigenvalue weighted by Gasteiger charge is -2.30. The number of rotatable bonds is 4. The summed E-state index contributed by atoms with van der Waals surface area (Å²) in [6, 6.07) is 0. The second kappa shape index (κ2) is 5.14. The van der Waals surface area contributed by atoms with Crippen LogP contribution in [-0.4, -0.2) is 35.5 Å². The summed E-state index contributed by atoms with van der Waals surface area (Å²) in [4.78, 5) is 23.7. The van der Waals surface area contributed by atoms with E-state index >= 15 is 0 Å². The van der Waals surface area contributed by atoms with Crippen LogP contribution in [0.3, 0.4) is 0 Å². The topological polar surface area (TPSA) is 57.6 Å². The van der Waals surface area contributed by atoms with Gasteiger partial charge in [-0.05, 0) is 5.41 Å². The molecule has 0 aromatic carbocycles. The highest BCUT2D eigenvalue weighted by Gasteiger charge is 2.28. The number of carbonyl (C=O) groups excluding carboxylic acids is 1. The molecule has 4 nitrogen and oxygen atoms in total. The van der Waals surface area contributed by atoms with Crippen LogP contribution in [0.5, 0.6) is 0 Å². The lowest BCUT2D eigenvalue weighted by molar-refractivity contribution is -0.140. The molecule has 1 amide bonds. The Morgan fingerprint density at radius 3 is 2.13 bits per heavy atom. The fourth-order valence-corrected chi connectivity index (χ4v) is 1.07. The highest BCUT2D eigenvalue weighted by atomic mass is 16.4. The smallest absolute Gasteiger partial charge is 0.305 e. The van der Waals surface area contributed by atoms with Crippen molar-refractivity contribution >= 4 is 11.9 Å². The first kappa shape index (κ1) is 13.9. The van der Waals surface area contributed by atoms with E-state index in [9.17, 15) is 9.59 Å². The van der Waals surface area contributed by atoms with E-state index in [0.29, 0.717) is 0 Å². The minimum absolute atomic E-state index is 0.000890. The minimum atomic E-state index is -0.877. The van der Waals surface area contributed by atoms with Gasteiger partial charge in [0.15, 0.2) is 0 Å². The number of carboxylic acid groups (broad SMARTS) is 1. The highest BCUT2D eigenvalue weighted by molar-refractivity contribution is 5.79. The predicted octanol–water partition coefficient (Wildman–Crippen LogP) is 1.60. The van der Waals surface area contributed by atoms with Crippen LogP contribution in [0.4, 0.5) is 0 Å². The summed E-state index contributed by atoms with van der Waals surface area (Å²) in [5, 5.41) is 8.50. The van der Waals surface area contributed by atoms with Crippen LogP contribution in [0.25, 0.3) is 0 Å². The standard InChI is InChI=1S/C11H21NO3/c1-8(11(2,3)4)10(15)12(5)7-6-9(13)14/h8H,6-7H2,1-5H3,(H,13,14). The number of carbonyl (C=O) groups is 2. The maximum Gasteiger partial charge on any atom is 0.305 e. The maximum atomic E-state index is 11.8. The molecule has 0 saturated carbocycles. The van der Waals surface area contributed by atoms with E-state index in [1.165, 1.54) is 4.90 Å². The lowest BCUT2D eigenvalue weighted by Crippen LogP contribution is -2.38. The van der Waals surface area contributed by atoms with Crippen molar-refractivity contribution in [1.29, 1.82) is 0 Å². The normalized spacial score (nSPS) is 13.4. The summed E-state index contributed by atoms with van der Waals surface area (Å²) in [5.74, 6) is -0.974. The SMILES string of the molecule is CC(C(=O)N(C)CCC(=O)O)C(C)(C)C. The average Bonchev–Trinajstić information content (AvgIpc) is 2.10. The monoisotopic (exact) mass is 215 g/mol.